The van der Waals surface area contributed by atoms with Gasteiger partial charge in [-0.15, -0.1) is 0 Å². The number of sulfonamides is 1. The van der Waals surface area contributed by atoms with Crippen molar-refractivity contribution in [3.8, 4) is 0 Å². The molecule has 1 aromatic heterocycles. The quantitative estimate of drug-likeness (QED) is 0.739. The molecule has 0 saturated heterocycles. The van der Waals surface area contributed by atoms with E-state index in [0.717, 1.165) is 25.6 Å². The minimum absolute atomic E-state index is 0.222. The largest absolute Gasteiger partial charge is 0.313 e. The van der Waals surface area contributed by atoms with E-state index >= 15 is 0 Å². The minimum Gasteiger partial charge on any atom is -0.313 e. The molecular weight excluding hydrogens is 288 g/mol. The molecule has 1 rings (SSSR count). The Balaban J connectivity index is 2.76. The van der Waals surface area contributed by atoms with Crippen LogP contribution in [0.2, 0.25) is 0 Å². The highest BCUT2D eigenvalue weighted by Crippen LogP contribution is 2.13. The molecule has 0 spiro atoms. The molecule has 114 valence electrons. The van der Waals surface area contributed by atoms with Crippen LogP contribution < -0.4 is 5.32 Å². The molecule has 1 heterocycles. The smallest absolute Gasteiger partial charge is 0.260 e. The fourth-order valence-electron chi connectivity index (χ4n) is 1.53. The Labute approximate surface area is 118 Å². The summed E-state index contributed by atoms with van der Waals surface area (Å²) in [6.07, 6.45) is -0.281. The zero-order valence-electron chi connectivity index (χ0n) is 11.5. The fourth-order valence-corrected chi connectivity index (χ4v) is 2.58. The molecule has 0 aromatic carbocycles. The maximum atomic E-state index is 12.2. The highest BCUT2D eigenvalue weighted by molar-refractivity contribution is 7.89. The van der Waals surface area contributed by atoms with Gasteiger partial charge in [0.25, 0.3) is 16.4 Å². The molecule has 5 nitrogen and oxygen atoms in total. The molecule has 0 saturated carbocycles. The van der Waals surface area contributed by atoms with Gasteiger partial charge in [0.15, 0.2) is 5.03 Å². The van der Waals surface area contributed by atoms with E-state index in [0.29, 0.717) is 10.8 Å². The first kappa shape index (κ1) is 16.9. The maximum Gasteiger partial charge on any atom is 0.260 e. The van der Waals surface area contributed by atoms with Crippen molar-refractivity contribution in [2.45, 2.75) is 31.3 Å². The third-order valence-corrected chi connectivity index (χ3v) is 4.36. The number of halogens is 2. The van der Waals surface area contributed by atoms with Gasteiger partial charge in [-0.25, -0.2) is 22.2 Å². The topological polar surface area (TPSA) is 62.3 Å². The standard InChI is InChI=1S/C12H19F2N3O2S/c1-3-6-15-7-10-4-5-12(16-8-10)20(18,19)17(2)9-11(13)14/h4-5,8,11,15H,3,6-7,9H2,1-2H3. The van der Waals surface area contributed by atoms with Gasteiger partial charge in [-0.05, 0) is 24.6 Å². The summed E-state index contributed by atoms with van der Waals surface area (Å²) in [6.45, 7) is 2.65. The van der Waals surface area contributed by atoms with Crippen molar-refractivity contribution in [1.29, 1.82) is 0 Å². The number of hydrogen-bond donors (Lipinski definition) is 1. The first-order valence-electron chi connectivity index (χ1n) is 6.28. The van der Waals surface area contributed by atoms with Gasteiger partial charge in [-0.1, -0.05) is 13.0 Å². The lowest BCUT2D eigenvalue weighted by molar-refractivity contribution is 0.126. The lowest BCUT2D eigenvalue weighted by Crippen LogP contribution is -2.32. The molecule has 0 aliphatic carbocycles. The Kier molecular flexibility index (Phi) is 6.44. The van der Waals surface area contributed by atoms with Crippen LogP contribution in [0.15, 0.2) is 23.4 Å². The van der Waals surface area contributed by atoms with E-state index in [1.165, 1.54) is 12.3 Å². The van der Waals surface area contributed by atoms with Gasteiger partial charge >= 0.3 is 0 Å². The highest BCUT2D eigenvalue weighted by atomic mass is 32.2. The van der Waals surface area contributed by atoms with E-state index in [4.69, 9.17) is 0 Å². The van der Waals surface area contributed by atoms with E-state index in [2.05, 4.69) is 10.3 Å². The third-order valence-electron chi connectivity index (χ3n) is 2.62. The Hall–Kier alpha value is -1.12. The number of rotatable bonds is 8. The average molecular weight is 307 g/mol. The summed E-state index contributed by atoms with van der Waals surface area (Å²) < 4.78 is 49.0. The molecule has 1 N–H and O–H groups in total. The number of nitrogens with one attached hydrogen (secondary N) is 1. The number of aromatic nitrogens is 1. The van der Waals surface area contributed by atoms with Crippen LogP contribution in [0.3, 0.4) is 0 Å². The summed E-state index contributed by atoms with van der Waals surface area (Å²) in [6, 6.07) is 2.96. The van der Waals surface area contributed by atoms with E-state index < -0.39 is 23.0 Å². The summed E-state index contributed by atoms with van der Waals surface area (Å²) in [5.41, 5.74) is 0.842. The molecule has 0 unspecified atom stereocenters. The highest BCUT2D eigenvalue weighted by Gasteiger charge is 2.24. The van der Waals surface area contributed by atoms with Crippen LogP contribution >= 0.6 is 0 Å². The van der Waals surface area contributed by atoms with Crippen molar-refractivity contribution in [2.75, 3.05) is 20.1 Å². The van der Waals surface area contributed by atoms with Gasteiger partial charge in [-0.3, -0.25) is 0 Å². The van der Waals surface area contributed by atoms with Crippen molar-refractivity contribution in [1.82, 2.24) is 14.6 Å². The zero-order chi connectivity index (χ0) is 15.2. The SMILES string of the molecule is CCCNCc1ccc(S(=O)(=O)N(C)CC(F)F)nc1. The zero-order valence-corrected chi connectivity index (χ0v) is 12.3. The number of pyridine rings is 1. The summed E-state index contributed by atoms with van der Waals surface area (Å²) in [4.78, 5) is 3.84. The van der Waals surface area contributed by atoms with Gasteiger partial charge < -0.3 is 5.32 Å². The van der Waals surface area contributed by atoms with Crippen LogP contribution in [0.5, 0.6) is 0 Å². The fraction of sp³-hybridized carbons (Fsp3) is 0.583. The predicted octanol–water partition coefficient (Wildman–Crippen LogP) is 1.47. The van der Waals surface area contributed by atoms with Crippen LogP contribution in [0.1, 0.15) is 18.9 Å². The van der Waals surface area contributed by atoms with Crippen molar-refractivity contribution < 1.29 is 17.2 Å². The van der Waals surface area contributed by atoms with Gasteiger partial charge in [-0.2, -0.15) is 4.31 Å². The monoisotopic (exact) mass is 307 g/mol. The molecule has 0 fully saturated rings. The minimum atomic E-state index is -3.95. The second-order valence-corrected chi connectivity index (χ2v) is 6.35. The molecule has 0 bridgehead atoms. The predicted molar refractivity (Wildman–Crippen MR) is 72.1 cm³/mol. The summed E-state index contributed by atoms with van der Waals surface area (Å²) in [7, 11) is -2.84. The molecule has 20 heavy (non-hydrogen) atoms. The Morgan fingerprint density at radius 2 is 2.10 bits per heavy atom. The van der Waals surface area contributed by atoms with Crippen LogP contribution in [0.4, 0.5) is 8.78 Å². The van der Waals surface area contributed by atoms with E-state index in [9.17, 15) is 17.2 Å². The first-order chi connectivity index (χ1) is 9.37. The second kappa shape index (κ2) is 7.61. The van der Waals surface area contributed by atoms with Crippen LogP contribution in [-0.4, -0.2) is 44.3 Å². The first-order valence-corrected chi connectivity index (χ1v) is 7.72. The molecule has 0 amide bonds. The third kappa shape index (κ3) is 4.77. The van der Waals surface area contributed by atoms with Crippen molar-refractivity contribution in [3.05, 3.63) is 23.9 Å². The normalized spacial score (nSPS) is 12.3. The Bertz CT molecular complexity index is 506. The Morgan fingerprint density at radius 3 is 2.60 bits per heavy atom. The molecule has 0 atom stereocenters. The van der Waals surface area contributed by atoms with Crippen molar-refractivity contribution >= 4 is 10.0 Å². The lowest BCUT2D eigenvalue weighted by atomic mass is 10.3. The van der Waals surface area contributed by atoms with Crippen LogP contribution in [0.25, 0.3) is 0 Å². The number of hydrogen-bond acceptors (Lipinski definition) is 4. The van der Waals surface area contributed by atoms with Crippen LogP contribution in [-0.2, 0) is 16.6 Å². The van der Waals surface area contributed by atoms with Crippen molar-refractivity contribution in [3.63, 3.8) is 0 Å². The molecule has 0 aliphatic heterocycles. The Morgan fingerprint density at radius 1 is 1.40 bits per heavy atom. The van der Waals surface area contributed by atoms with E-state index in [-0.39, 0.29) is 5.03 Å². The number of alkyl halides is 2. The van der Waals surface area contributed by atoms with Crippen molar-refractivity contribution in [2.24, 2.45) is 0 Å². The van der Waals surface area contributed by atoms with Gasteiger partial charge in [0.2, 0.25) is 0 Å². The average Bonchev–Trinajstić information content (AvgIpc) is 2.39. The molecule has 1 aromatic rings. The van der Waals surface area contributed by atoms with Gasteiger partial charge in [0, 0.05) is 19.8 Å². The molecule has 0 aliphatic rings. The van der Waals surface area contributed by atoms with Gasteiger partial charge in [0.05, 0.1) is 6.54 Å². The van der Waals surface area contributed by atoms with E-state index in [1.807, 2.05) is 6.92 Å². The van der Waals surface area contributed by atoms with Gasteiger partial charge in [0.1, 0.15) is 0 Å². The summed E-state index contributed by atoms with van der Waals surface area (Å²) in [5, 5.41) is 2.94. The van der Waals surface area contributed by atoms with Crippen LogP contribution in [0, 0.1) is 0 Å². The number of nitrogens with zero attached hydrogens (tertiary/aromatic N) is 2. The lowest BCUT2D eigenvalue weighted by Gasteiger charge is -2.16. The maximum absolute atomic E-state index is 12.2. The summed E-state index contributed by atoms with van der Waals surface area (Å²) in [5.74, 6) is 0. The second-order valence-electron chi connectivity index (χ2n) is 4.36. The van der Waals surface area contributed by atoms with E-state index in [1.54, 1.807) is 6.07 Å². The molecule has 8 heteroatoms. The molecular formula is C12H19F2N3O2S. The summed E-state index contributed by atoms with van der Waals surface area (Å²) >= 11 is 0. The molecule has 0 radical (unpaired) electrons.